The van der Waals surface area contributed by atoms with Crippen LogP contribution in [0.4, 0.5) is 4.39 Å². The van der Waals surface area contributed by atoms with Crippen LogP contribution in [0, 0.1) is 5.82 Å². The van der Waals surface area contributed by atoms with Crippen molar-refractivity contribution in [2.24, 2.45) is 0 Å². The van der Waals surface area contributed by atoms with Gasteiger partial charge in [-0.3, -0.25) is 9.36 Å². The third-order valence-electron chi connectivity index (χ3n) is 4.39. The number of nitrogens with zero attached hydrogens (tertiary/aromatic N) is 1. The van der Waals surface area contributed by atoms with Gasteiger partial charge in [-0.15, -0.1) is 0 Å². The maximum absolute atomic E-state index is 12.9. The van der Waals surface area contributed by atoms with Crippen molar-refractivity contribution in [1.82, 2.24) is 9.88 Å². The Morgan fingerprint density at radius 2 is 1.68 bits per heavy atom. The lowest BCUT2D eigenvalue weighted by Crippen LogP contribution is -2.24. The summed E-state index contributed by atoms with van der Waals surface area (Å²) in [5, 5.41) is 3.39. The van der Waals surface area contributed by atoms with Gasteiger partial charge in [-0.05, 0) is 54.4 Å². The van der Waals surface area contributed by atoms with Crippen molar-refractivity contribution in [3.8, 4) is 11.4 Å². The summed E-state index contributed by atoms with van der Waals surface area (Å²) in [6.45, 7) is 5.46. The number of nitrogens with one attached hydrogen (secondary N) is 1. The SMILES string of the molecule is CC(C)NCCc1ccc(-n2ccc(OCc3ccc(F)cc3)cc2=O)cc1. The Hall–Kier alpha value is -2.92. The number of ether oxygens (including phenoxy) is 1. The van der Waals surface area contributed by atoms with Gasteiger partial charge in [-0.2, -0.15) is 0 Å². The van der Waals surface area contributed by atoms with Gasteiger partial charge in [0.25, 0.3) is 5.56 Å². The van der Waals surface area contributed by atoms with E-state index < -0.39 is 0 Å². The molecule has 0 radical (unpaired) electrons. The fourth-order valence-corrected chi connectivity index (χ4v) is 2.84. The van der Waals surface area contributed by atoms with Crippen molar-refractivity contribution in [2.75, 3.05) is 6.54 Å². The first kappa shape index (κ1) is 19.8. The number of hydrogen-bond donors (Lipinski definition) is 1. The second-order valence-corrected chi connectivity index (χ2v) is 7.01. The second-order valence-electron chi connectivity index (χ2n) is 7.01. The molecule has 0 atom stereocenters. The summed E-state index contributed by atoms with van der Waals surface area (Å²) in [6, 6.07) is 17.8. The van der Waals surface area contributed by atoms with E-state index in [1.165, 1.54) is 23.8 Å². The molecule has 5 heteroatoms. The lowest BCUT2D eigenvalue weighted by Gasteiger charge is -2.11. The van der Waals surface area contributed by atoms with E-state index in [2.05, 4.69) is 19.2 Å². The molecule has 3 rings (SSSR count). The second kappa shape index (κ2) is 9.33. The van der Waals surface area contributed by atoms with Crippen molar-refractivity contribution < 1.29 is 9.13 Å². The molecule has 0 fully saturated rings. The molecule has 1 aromatic heterocycles. The Balaban J connectivity index is 1.63. The van der Waals surface area contributed by atoms with Crippen LogP contribution in [0.3, 0.4) is 0 Å². The molecule has 146 valence electrons. The minimum atomic E-state index is -0.284. The topological polar surface area (TPSA) is 43.3 Å². The number of rotatable bonds is 8. The molecule has 0 bridgehead atoms. The third-order valence-corrected chi connectivity index (χ3v) is 4.39. The number of hydrogen-bond acceptors (Lipinski definition) is 3. The molecule has 0 saturated heterocycles. The summed E-state index contributed by atoms with van der Waals surface area (Å²) in [5.41, 5.74) is 2.72. The molecule has 0 amide bonds. The molecule has 28 heavy (non-hydrogen) atoms. The van der Waals surface area contributed by atoms with Crippen molar-refractivity contribution >= 4 is 0 Å². The quantitative estimate of drug-likeness (QED) is 0.640. The van der Waals surface area contributed by atoms with Crippen LogP contribution >= 0.6 is 0 Å². The van der Waals surface area contributed by atoms with Crippen LogP contribution in [0.5, 0.6) is 5.75 Å². The molecule has 1 N–H and O–H groups in total. The van der Waals surface area contributed by atoms with Crippen molar-refractivity contribution in [3.05, 3.63) is 94.2 Å². The van der Waals surface area contributed by atoms with Gasteiger partial charge in [-0.1, -0.05) is 38.1 Å². The van der Waals surface area contributed by atoms with Gasteiger partial charge in [0.15, 0.2) is 0 Å². The molecular formula is C23H25FN2O2. The fourth-order valence-electron chi connectivity index (χ4n) is 2.84. The van der Waals surface area contributed by atoms with E-state index in [9.17, 15) is 9.18 Å². The summed E-state index contributed by atoms with van der Waals surface area (Å²) in [7, 11) is 0. The third kappa shape index (κ3) is 5.54. The average molecular weight is 380 g/mol. The highest BCUT2D eigenvalue weighted by atomic mass is 19.1. The lowest BCUT2D eigenvalue weighted by molar-refractivity contribution is 0.305. The first-order chi connectivity index (χ1) is 13.5. The minimum Gasteiger partial charge on any atom is -0.489 e. The zero-order valence-electron chi connectivity index (χ0n) is 16.2. The normalized spacial score (nSPS) is 11.0. The zero-order chi connectivity index (χ0) is 19.9. The van der Waals surface area contributed by atoms with Crippen molar-refractivity contribution in [1.29, 1.82) is 0 Å². The van der Waals surface area contributed by atoms with Crippen molar-refractivity contribution in [3.63, 3.8) is 0 Å². The van der Waals surface area contributed by atoms with Gasteiger partial charge < -0.3 is 10.1 Å². The maximum atomic E-state index is 12.9. The Kier molecular flexibility index (Phi) is 6.61. The van der Waals surface area contributed by atoms with E-state index in [1.54, 1.807) is 29.0 Å². The molecule has 0 unspecified atom stereocenters. The summed E-state index contributed by atoms with van der Waals surface area (Å²) >= 11 is 0. The van der Waals surface area contributed by atoms with Gasteiger partial charge in [0.2, 0.25) is 0 Å². The molecule has 0 aliphatic rings. The highest BCUT2D eigenvalue weighted by Gasteiger charge is 2.04. The molecule has 2 aromatic carbocycles. The van der Waals surface area contributed by atoms with Gasteiger partial charge in [0, 0.05) is 24.0 Å². The molecule has 0 aliphatic heterocycles. The summed E-state index contributed by atoms with van der Waals surface area (Å²) in [5.74, 6) is 0.204. The van der Waals surface area contributed by atoms with Gasteiger partial charge in [-0.25, -0.2) is 4.39 Å². The van der Waals surface area contributed by atoms with Crippen LogP contribution < -0.4 is 15.6 Å². The molecule has 0 saturated carbocycles. The fraction of sp³-hybridized carbons (Fsp3) is 0.261. The standard InChI is InChI=1S/C23H25FN2O2/c1-17(2)25-13-11-18-5-9-21(10-6-18)26-14-12-22(15-23(26)27)28-16-19-3-7-20(24)8-4-19/h3-10,12,14-15,17,25H,11,13,16H2,1-2H3. The largest absolute Gasteiger partial charge is 0.489 e. The highest BCUT2D eigenvalue weighted by molar-refractivity contribution is 5.36. The van der Waals surface area contributed by atoms with Crippen LogP contribution in [-0.4, -0.2) is 17.2 Å². The molecule has 0 aliphatic carbocycles. The monoisotopic (exact) mass is 380 g/mol. The Morgan fingerprint density at radius 3 is 2.32 bits per heavy atom. The maximum Gasteiger partial charge on any atom is 0.258 e. The van der Waals surface area contributed by atoms with E-state index >= 15 is 0 Å². The molecule has 4 nitrogen and oxygen atoms in total. The van der Waals surface area contributed by atoms with Crippen LogP contribution in [0.15, 0.2) is 71.7 Å². The first-order valence-electron chi connectivity index (χ1n) is 9.44. The van der Waals surface area contributed by atoms with Crippen LogP contribution in [0.25, 0.3) is 5.69 Å². The van der Waals surface area contributed by atoms with Gasteiger partial charge >= 0.3 is 0 Å². The smallest absolute Gasteiger partial charge is 0.258 e. The van der Waals surface area contributed by atoms with Crippen molar-refractivity contribution in [2.45, 2.75) is 32.9 Å². The number of pyridine rings is 1. The molecule has 3 aromatic rings. The highest BCUT2D eigenvalue weighted by Crippen LogP contribution is 2.13. The van der Waals surface area contributed by atoms with Gasteiger partial charge in [0.1, 0.15) is 18.2 Å². The van der Waals surface area contributed by atoms with E-state index in [4.69, 9.17) is 4.74 Å². The summed E-state index contributed by atoms with van der Waals surface area (Å²) in [6.07, 6.45) is 2.65. The Labute approximate surface area is 164 Å². The lowest BCUT2D eigenvalue weighted by atomic mass is 10.1. The summed E-state index contributed by atoms with van der Waals surface area (Å²) in [4.78, 5) is 12.5. The van der Waals surface area contributed by atoms with E-state index in [0.29, 0.717) is 11.8 Å². The first-order valence-corrected chi connectivity index (χ1v) is 9.44. The number of halogens is 1. The Morgan fingerprint density at radius 1 is 1.00 bits per heavy atom. The molecule has 0 spiro atoms. The predicted molar refractivity (Wildman–Crippen MR) is 110 cm³/mol. The zero-order valence-corrected chi connectivity index (χ0v) is 16.2. The number of benzene rings is 2. The van der Waals surface area contributed by atoms with Crippen LogP contribution in [-0.2, 0) is 13.0 Å². The predicted octanol–water partition coefficient (Wildman–Crippen LogP) is 4.10. The van der Waals surface area contributed by atoms with E-state index in [1.807, 2.05) is 24.3 Å². The van der Waals surface area contributed by atoms with E-state index in [-0.39, 0.29) is 18.0 Å². The Bertz CT molecular complexity index is 948. The average Bonchev–Trinajstić information content (AvgIpc) is 2.68. The minimum absolute atomic E-state index is 0.161. The summed E-state index contributed by atoms with van der Waals surface area (Å²) < 4.78 is 20.2. The molecular weight excluding hydrogens is 355 g/mol. The van der Waals surface area contributed by atoms with Crippen LogP contribution in [0.2, 0.25) is 0 Å². The molecule has 1 heterocycles. The van der Waals surface area contributed by atoms with Crippen LogP contribution in [0.1, 0.15) is 25.0 Å². The number of aromatic nitrogens is 1. The van der Waals surface area contributed by atoms with Gasteiger partial charge in [0.05, 0.1) is 0 Å². The van der Waals surface area contributed by atoms with E-state index in [0.717, 1.165) is 24.2 Å².